The number of carbonyl (C=O) groups is 1. The van der Waals surface area contributed by atoms with E-state index in [4.69, 9.17) is 16.3 Å². The standard InChI is InChI=1S/C10H10ClNO4/c1-3-16-9-5-7(12(14)15)4-8(11)10(9)6(2)13/h4-5H,3H2,1-2H3. The van der Waals surface area contributed by atoms with Crippen LogP contribution in [0.15, 0.2) is 12.1 Å². The first-order valence-electron chi connectivity index (χ1n) is 4.59. The highest BCUT2D eigenvalue weighted by atomic mass is 35.5. The molecule has 0 aliphatic carbocycles. The number of Topliss-reactive ketones (excluding diaryl/α,β-unsaturated/α-hetero) is 1. The predicted molar refractivity (Wildman–Crippen MR) is 59.3 cm³/mol. The smallest absolute Gasteiger partial charge is 0.274 e. The van der Waals surface area contributed by atoms with E-state index in [0.29, 0.717) is 6.61 Å². The molecule has 86 valence electrons. The number of nitro groups is 1. The van der Waals surface area contributed by atoms with Crippen molar-refractivity contribution >= 4 is 23.1 Å². The molecular weight excluding hydrogens is 234 g/mol. The fourth-order valence-electron chi connectivity index (χ4n) is 1.28. The fourth-order valence-corrected chi connectivity index (χ4v) is 1.62. The second kappa shape index (κ2) is 4.94. The van der Waals surface area contributed by atoms with Crippen LogP contribution in [0.1, 0.15) is 24.2 Å². The van der Waals surface area contributed by atoms with Gasteiger partial charge in [-0.2, -0.15) is 0 Å². The lowest BCUT2D eigenvalue weighted by Gasteiger charge is -2.09. The van der Waals surface area contributed by atoms with Crippen molar-refractivity contribution in [3.63, 3.8) is 0 Å². The number of nitrogens with zero attached hydrogens (tertiary/aromatic N) is 1. The Morgan fingerprint density at radius 1 is 1.56 bits per heavy atom. The summed E-state index contributed by atoms with van der Waals surface area (Å²) in [6.07, 6.45) is 0. The van der Waals surface area contributed by atoms with Gasteiger partial charge in [-0.1, -0.05) is 11.6 Å². The van der Waals surface area contributed by atoms with Crippen LogP contribution in [0.3, 0.4) is 0 Å². The molecule has 0 fully saturated rings. The highest BCUT2D eigenvalue weighted by Gasteiger charge is 2.19. The summed E-state index contributed by atoms with van der Waals surface area (Å²) in [5.41, 5.74) is -0.0208. The number of ketones is 1. The van der Waals surface area contributed by atoms with Crippen molar-refractivity contribution in [2.45, 2.75) is 13.8 Å². The second-order valence-corrected chi connectivity index (χ2v) is 3.45. The molecule has 1 aromatic carbocycles. The summed E-state index contributed by atoms with van der Waals surface area (Å²) in [7, 11) is 0. The van der Waals surface area contributed by atoms with Crippen LogP contribution < -0.4 is 4.74 Å². The van der Waals surface area contributed by atoms with Crippen LogP contribution >= 0.6 is 11.6 Å². The van der Waals surface area contributed by atoms with Gasteiger partial charge in [0.1, 0.15) is 5.75 Å². The molecule has 0 heterocycles. The van der Waals surface area contributed by atoms with Crippen molar-refractivity contribution in [1.82, 2.24) is 0 Å². The van der Waals surface area contributed by atoms with Gasteiger partial charge in [-0.05, 0) is 13.8 Å². The Kier molecular flexibility index (Phi) is 3.84. The summed E-state index contributed by atoms with van der Waals surface area (Å²) >= 11 is 5.80. The lowest BCUT2D eigenvalue weighted by atomic mass is 10.1. The van der Waals surface area contributed by atoms with Gasteiger partial charge in [0.05, 0.1) is 28.2 Å². The quantitative estimate of drug-likeness (QED) is 0.463. The van der Waals surface area contributed by atoms with Gasteiger partial charge in [0.25, 0.3) is 5.69 Å². The molecule has 0 aliphatic rings. The number of benzene rings is 1. The molecule has 6 heteroatoms. The van der Waals surface area contributed by atoms with Crippen LogP contribution in [-0.4, -0.2) is 17.3 Å². The van der Waals surface area contributed by atoms with Crippen LogP contribution in [0.4, 0.5) is 5.69 Å². The first-order chi connectivity index (χ1) is 7.47. The molecule has 0 saturated carbocycles. The topological polar surface area (TPSA) is 69.4 Å². The minimum atomic E-state index is -0.585. The molecule has 1 rings (SSSR count). The average molecular weight is 244 g/mol. The lowest BCUT2D eigenvalue weighted by Crippen LogP contribution is -2.03. The minimum absolute atomic E-state index is 0.0325. The average Bonchev–Trinajstić information content (AvgIpc) is 2.16. The molecule has 0 aromatic heterocycles. The maximum atomic E-state index is 11.3. The van der Waals surface area contributed by atoms with E-state index in [-0.39, 0.29) is 27.8 Å². The first kappa shape index (κ1) is 12.4. The minimum Gasteiger partial charge on any atom is -0.493 e. The number of hydrogen-bond donors (Lipinski definition) is 0. The molecule has 0 saturated heterocycles. The van der Waals surface area contributed by atoms with Gasteiger partial charge in [0.15, 0.2) is 5.78 Å². The molecule has 5 nitrogen and oxygen atoms in total. The Morgan fingerprint density at radius 3 is 2.62 bits per heavy atom. The summed E-state index contributed by atoms with van der Waals surface area (Å²) in [6.45, 7) is 3.35. The van der Waals surface area contributed by atoms with Crippen molar-refractivity contribution < 1.29 is 14.5 Å². The monoisotopic (exact) mass is 243 g/mol. The van der Waals surface area contributed by atoms with Gasteiger partial charge in [-0.15, -0.1) is 0 Å². The fraction of sp³-hybridized carbons (Fsp3) is 0.300. The molecule has 0 atom stereocenters. The van der Waals surface area contributed by atoms with Crippen molar-refractivity contribution in [3.05, 3.63) is 32.8 Å². The lowest BCUT2D eigenvalue weighted by molar-refractivity contribution is -0.384. The van der Waals surface area contributed by atoms with E-state index in [2.05, 4.69) is 0 Å². The number of rotatable bonds is 4. The van der Waals surface area contributed by atoms with Gasteiger partial charge >= 0.3 is 0 Å². The first-order valence-corrected chi connectivity index (χ1v) is 4.96. The maximum absolute atomic E-state index is 11.3. The SMILES string of the molecule is CCOc1cc([N+](=O)[O-])cc(Cl)c1C(C)=O. The molecule has 0 aliphatic heterocycles. The third kappa shape index (κ3) is 2.49. The molecule has 0 radical (unpaired) electrons. The highest BCUT2D eigenvalue weighted by Crippen LogP contribution is 2.32. The summed E-state index contributed by atoms with van der Waals surface area (Å²) in [5, 5.41) is 10.6. The van der Waals surface area contributed by atoms with Crippen LogP contribution in [0.2, 0.25) is 5.02 Å². The zero-order chi connectivity index (χ0) is 12.3. The Balaban J connectivity index is 3.38. The number of nitro benzene ring substituents is 1. The molecule has 0 unspecified atom stereocenters. The van der Waals surface area contributed by atoms with Gasteiger partial charge in [-0.3, -0.25) is 14.9 Å². The van der Waals surface area contributed by atoms with Gasteiger partial charge < -0.3 is 4.74 Å². The predicted octanol–water partition coefficient (Wildman–Crippen LogP) is 2.85. The van der Waals surface area contributed by atoms with Crippen LogP contribution in [0.25, 0.3) is 0 Å². The Hall–Kier alpha value is -1.62. The molecule has 0 N–H and O–H groups in total. The Morgan fingerprint density at radius 2 is 2.19 bits per heavy atom. The third-order valence-corrected chi connectivity index (χ3v) is 2.20. The van der Waals surface area contributed by atoms with Crippen molar-refractivity contribution in [1.29, 1.82) is 0 Å². The zero-order valence-corrected chi connectivity index (χ0v) is 9.58. The summed E-state index contributed by atoms with van der Waals surface area (Å²) < 4.78 is 5.16. The molecule has 0 bridgehead atoms. The van der Waals surface area contributed by atoms with Gasteiger partial charge in [-0.25, -0.2) is 0 Å². The zero-order valence-electron chi connectivity index (χ0n) is 8.82. The number of carbonyl (C=O) groups excluding carboxylic acids is 1. The van der Waals surface area contributed by atoms with Gasteiger partial charge in [0.2, 0.25) is 0 Å². The largest absolute Gasteiger partial charge is 0.493 e. The van der Waals surface area contributed by atoms with Crippen LogP contribution in [0.5, 0.6) is 5.75 Å². The maximum Gasteiger partial charge on any atom is 0.274 e. The van der Waals surface area contributed by atoms with E-state index < -0.39 is 4.92 Å². The van der Waals surface area contributed by atoms with Crippen molar-refractivity contribution in [2.24, 2.45) is 0 Å². The van der Waals surface area contributed by atoms with E-state index in [1.165, 1.54) is 13.0 Å². The molecule has 1 aromatic rings. The van der Waals surface area contributed by atoms with E-state index in [1.807, 2.05) is 0 Å². The molecule has 0 amide bonds. The van der Waals surface area contributed by atoms with Crippen molar-refractivity contribution in [3.8, 4) is 5.75 Å². The van der Waals surface area contributed by atoms with E-state index in [9.17, 15) is 14.9 Å². The van der Waals surface area contributed by atoms with Gasteiger partial charge in [0, 0.05) is 6.07 Å². The molecular formula is C10H10ClNO4. The highest BCUT2D eigenvalue weighted by molar-refractivity contribution is 6.34. The van der Waals surface area contributed by atoms with Crippen LogP contribution in [0, 0.1) is 10.1 Å². The number of non-ortho nitro benzene ring substituents is 1. The number of ether oxygens (including phenoxy) is 1. The van der Waals surface area contributed by atoms with E-state index in [1.54, 1.807) is 6.92 Å². The Labute approximate surface area is 97.1 Å². The number of halogens is 1. The third-order valence-electron chi connectivity index (χ3n) is 1.90. The Bertz CT molecular complexity index is 445. The number of hydrogen-bond acceptors (Lipinski definition) is 4. The van der Waals surface area contributed by atoms with E-state index >= 15 is 0 Å². The second-order valence-electron chi connectivity index (χ2n) is 3.05. The van der Waals surface area contributed by atoms with Crippen LogP contribution in [-0.2, 0) is 0 Å². The summed E-state index contributed by atoms with van der Waals surface area (Å²) in [4.78, 5) is 21.3. The molecule has 16 heavy (non-hydrogen) atoms. The summed E-state index contributed by atoms with van der Waals surface area (Å²) in [6, 6.07) is 2.34. The summed E-state index contributed by atoms with van der Waals surface area (Å²) in [5.74, 6) is -0.141. The normalized spacial score (nSPS) is 9.94. The van der Waals surface area contributed by atoms with E-state index in [0.717, 1.165) is 6.07 Å². The molecule has 0 spiro atoms. The van der Waals surface area contributed by atoms with Crippen molar-refractivity contribution in [2.75, 3.05) is 6.61 Å².